The van der Waals surface area contributed by atoms with E-state index in [2.05, 4.69) is 15.6 Å². The molecule has 0 unspecified atom stereocenters. The minimum absolute atomic E-state index is 0.0390. The largest absolute Gasteiger partial charge is 0.466 e. The van der Waals surface area contributed by atoms with Gasteiger partial charge >= 0.3 is 5.97 Å². The molecule has 7 nitrogen and oxygen atoms in total. The van der Waals surface area contributed by atoms with Crippen LogP contribution >= 0.6 is 11.3 Å². The number of nitrogens with zero attached hydrogens (tertiary/aromatic N) is 1. The van der Waals surface area contributed by atoms with E-state index in [4.69, 9.17) is 9.47 Å². The lowest BCUT2D eigenvalue weighted by Crippen LogP contribution is -2.28. The van der Waals surface area contributed by atoms with Crippen molar-refractivity contribution in [2.75, 3.05) is 38.7 Å². The van der Waals surface area contributed by atoms with Gasteiger partial charge in [-0.05, 0) is 6.92 Å². The number of anilines is 1. The molecule has 8 heteroatoms. The highest BCUT2D eigenvalue weighted by Gasteiger charge is 2.08. The number of hydrogen-bond acceptors (Lipinski definition) is 7. The maximum absolute atomic E-state index is 11.4. The predicted molar refractivity (Wildman–Crippen MR) is 80.4 cm³/mol. The maximum Gasteiger partial charge on any atom is 0.311 e. The van der Waals surface area contributed by atoms with Crippen molar-refractivity contribution >= 4 is 28.3 Å². The number of thiazole rings is 1. The van der Waals surface area contributed by atoms with E-state index in [1.165, 1.54) is 11.3 Å². The van der Waals surface area contributed by atoms with E-state index in [9.17, 15) is 9.59 Å². The van der Waals surface area contributed by atoms with Gasteiger partial charge in [-0.25, -0.2) is 4.98 Å². The highest BCUT2D eigenvalue weighted by Crippen LogP contribution is 2.15. The molecule has 1 aromatic heterocycles. The number of aromatic nitrogens is 1. The Hall–Kier alpha value is -1.67. The Kier molecular flexibility index (Phi) is 8.37. The number of ether oxygens (including phenoxy) is 2. The number of hydrogen-bond donors (Lipinski definition) is 2. The fourth-order valence-electron chi connectivity index (χ4n) is 1.49. The van der Waals surface area contributed by atoms with E-state index in [-0.39, 0.29) is 18.3 Å². The Labute approximate surface area is 128 Å². The average Bonchev–Trinajstić information content (AvgIpc) is 2.87. The highest BCUT2D eigenvalue weighted by atomic mass is 32.1. The molecular formula is C13H21N3O4S. The topological polar surface area (TPSA) is 89.5 Å². The summed E-state index contributed by atoms with van der Waals surface area (Å²) >= 11 is 1.40. The smallest absolute Gasteiger partial charge is 0.311 e. The number of nitrogens with one attached hydrogen (secondary N) is 2. The third-order valence-electron chi connectivity index (χ3n) is 2.44. The molecule has 0 fully saturated rings. The van der Waals surface area contributed by atoms with E-state index in [0.717, 1.165) is 0 Å². The molecule has 0 aliphatic heterocycles. The minimum atomic E-state index is -0.285. The number of rotatable bonds is 10. The van der Waals surface area contributed by atoms with Crippen molar-refractivity contribution in [2.45, 2.75) is 19.8 Å². The Bertz CT molecular complexity index is 450. The Morgan fingerprint density at radius 1 is 1.38 bits per heavy atom. The number of esters is 1. The molecule has 1 rings (SSSR count). The summed E-state index contributed by atoms with van der Waals surface area (Å²) in [6.45, 7) is 3.64. The zero-order chi connectivity index (χ0) is 15.5. The van der Waals surface area contributed by atoms with Gasteiger partial charge in [-0.2, -0.15) is 0 Å². The number of methoxy groups -OCH3 is 1. The first-order valence-corrected chi connectivity index (χ1v) is 7.63. The molecule has 0 spiro atoms. The van der Waals surface area contributed by atoms with E-state index < -0.39 is 0 Å². The van der Waals surface area contributed by atoms with Gasteiger partial charge in [0, 0.05) is 32.0 Å². The van der Waals surface area contributed by atoms with Gasteiger partial charge in [0.15, 0.2) is 5.13 Å². The van der Waals surface area contributed by atoms with Crippen LogP contribution in [0.25, 0.3) is 0 Å². The summed E-state index contributed by atoms with van der Waals surface area (Å²) in [5.74, 6) is -0.324. The molecule has 2 N–H and O–H groups in total. The normalized spacial score (nSPS) is 10.2. The highest BCUT2D eigenvalue weighted by molar-refractivity contribution is 7.13. The minimum Gasteiger partial charge on any atom is -0.466 e. The first kappa shape index (κ1) is 17.4. The number of amides is 1. The summed E-state index contributed by atoms with van der Waals surface area (Å²) in [6, 6.07) is 0. The Balaban J connectivity index is 2.22. The molecular weight excluding hydrogens is 294 g/mol. The molecule has 0 aliphatic carbocycles. The van der Waals surface area contributed by atoms with Gasteiger partial charge in [-0.3, -0.25) is 9.59 Å². The van der Waals surface area contributed by atoms with Crippen LogP contribution < -0.4 is 10.6 Å². The van der Waals surface area contributed by atoms with Gasteiger partial charge in [0.25, 0.3) is 0 Å². The number of carbonyl (C=O) groups is 2. The van der Waals surface area contributed by atoms with Crippen molar-refractivity contribution < 1.29 is 19.1 Å². The van der Waals surface area contributed by atoms with Crippen LogP contribution in [0.4, 0.5) is 5.13 Å². The summed E-state index contributed by atoms with van der Waals surface area (Å²) in [5, 5.41) is 8.28. The predicted octanol–water partition coefficient (Wildman–Crippen LogP) is 0.813. The van der Waals surface area contributed by atoms with Crippen LogP contribution in [-0.2, 0) is 25.5 Å². The molecule has 21 heavy (non-hydrogen) atoms. The molecule has 0 radical (unpaired) electrons. The fourth-order valence-corrected chi connectivity index (χ4v) is 2.23. The molecule has 0 bridgehead atoms. The summed E-state index contributed by atoms with van der Waals surface area (Å²) < 4.78 is 9.70. The van der Waals surface area contributed by atoms with E-state index >= 15 is 0 Å². The van der Waals surface area contributed by atoms with Crippen LogP contribution in [0.15, 0.2) is 5.38 Å². The summed E-state index contributed by atoms with van der Waals surface area (Å²) in [5.41, 5.74) is 0.672. The summed E-state index contributed by atoms with van der Waals surface area (Å²) in [7, 11) is 1.59. The Morgan fingerprint density at radius 3 is 2.90 bits per heavy atom. The van der Waals surface area contributed by atoms with Gasteiger partial charge in [-0.15, -0.1) is 11.3 Å². The van der Waals surface area contributed by atoms with Gasteiger partial charge < -0.3 is 20.1 Å². The first-order chi connectivity index (χ1) is 10.2. The van der Waals surface area contributed by atoms with Crippen molar-refractivity contribution in [3.8, 4) is 0 Å². The third kappa shape index (κ3) is 7.62. The van der Waals surface area contributed by atoms with Gasteiger partial charge in [-0.1, -0.05) is 0 Å². The molecule has 0 saturated carbocycles. The van der Waals surface area contributed by atoms with Crippen molar-refractivity contribution in [3.63, 3.8) is 0 Å². The van der Waals surface area contributed by atoms with Crippen molar-refractivity contribution in [2.24, 2.45) is 0 Å². The average molecular weight is 315 g/mol. The second kappa shape index (κ2) is 10.1. The second-order valence-corrected chi connectivity index (χ2v) is 5.00. The third-order valence-corrected chi connectivity index (χ3v) is 3.29. The monoisotopic (exact) mass is 315 g/mol. The zero-order valence-corrected chi connectivity index (χ0v) is 13.1. The second-order valence-electron chi connectivity index (χ2n) is 4.15. The lowest BCUT2D eigenvalue weighted by molar-refractivity contribution is -0.142. The quantitative estimate of drug-likeness (QED) is 0.491. The molecule has 118 valence electrons. The standard InChI is InChI=1S/C13H21N3O4S/c1-3-20-12(18)8-10-9-21-13(16-10)15-5-4-11(17)14-6-7-19-2/h9H,3-8H2,1-2H3,(H,14,17)(H,15,16). The lowest BCUT2D eigenvalue weighted by atomic mass is 10.3. The molecule has 1 amide bonds. The summed E-state index contributed by atoms with van der Waals surface area (Å²) in [6.07, 6.45) is 0.528. The Morgan fingerprint density at radius 2 is 2.19 bits per heavy atom. The molecule has 0 saturated heterocycles. The van der Waals surface area contributed by atoms with Crippen LogP contribution in [0, 0.1) is 0 Å². The van der Waals surface area contributed by atoms with Crippen LogP contribution in [0.2, 0.25) is 0 Å². The SMILES string of the molecule is CCOC(=O)Cc1csc(NCCC(=O)NCCOC)n1. The van der Waals surface area contributed by atoms with Crippen molar-refractivity contribution in [1.29, 1.82) is 0 Å². The zero-order valence-electron chi connectivity index (χ0n) is 12.3. The molecule has 0 atom stereocenters. The molecule has 1 heterocycles. The van der Waals surface area contributed by atoms with Gasteiger partial charge in [0.2, 0.25) is 5.91 Å². The van der Waals surface area contributed by atoms with Gasteiger partial charge in [0.05, 0.1) is 25.3 Å². The van der Waals surface area contributed by atoms with Crippen molar-refractivity contribution in [3.05, 3.63) is 11.1 Å². The van der Waals surface area contributed by atoms with Crippen LogP contribution in [0.5, 0.6) is 0 Å². The van der Waals surface area contributed by atoms with E-state index in [1.54, 1.807) is 19.4 Å². The van der Waals surface area contributed by atoms with E-state index in [1.807, 2.05) is 0 Å². The van der Waals surface area contributed by atoms with E-state index in [0.29, 0.717) is 43.5 Å². The fraction of sp³-hybridized carbons (Fsp3) is 0.615. The molecule has 0 aliphatic rings. The lowest BCUT2D eigenvalue weighted by Gasteiger charge is -2.04. The van der Waals surface area contributed by atoms with Gasteiger partial charge in [0.1, 0.15) is 0 Å². The summed E-state index contributed by atoms with van der Waals surface area (Å²) in [4.78, 5) is 27.0. The number of carbonyl (C=O) groups excluding carboxylic acids is 2. The first-order valence-electron chi connectivity index (χ1n) is 6.75. The van der Waals surface area contributed by atoms with Crippen molar-refractivity contribution in [1.82, 2.24) is 10.3 Å². The molecule has 0 aromatic carbocycles. The molecule has 1 aromatic rings. The van der Waals surface area contributed by atoms with Crippen LogP contribution in [-0.4, -0.2) is 50.3 Å². The van der Waals surface area contributed by atoms with Crippen LogP contribution in [0.1, 0.15) is 19.0 Å². The maximum atomic E-state index is 11.4. The van der Waals surface area contributed by atoms with Crippen LogP contribution in [0.3, 0.4) is 0 Å².